The zero-order valence-electron chi connectivity index (χ0n) is 17.0. The topological polar surface area (TPSA) is 0 Å². The third kappa shape index (κ3) is 4.12. The summed E-state index contributed by atoms with van der Waals surface area (Å²) in [5, 5.41) is 0. The third-order valence-corrected chi connectivity index (χ3v) is 6.47. The van der Waals surface area contributed by atoms with Crippen molar-refractivity contribution in [2.75, 3.05) is 0 Å². The first-order chi connectivity index (χ1) is 14.3. The van der Waals surface area contributed by atoms with Gasteiger partial charge in [-0.3, -0.25) is 0 Å². The van der Waals surface area contributed by atoms with E-state index in [4.69, 9.17) is 0 Å². The fourth-order valence-electron chi connectivity index (χ4n) is 4.70. The standard InChI is InChI=1S/C29H28/c1-2-8-22(9-3-1)19-29-21-28(17-16-27(29)18-23-10-6-11-23)26-15-7-14-25(20-26)24-12-4-5-13-24/h1-3,6-10,14-20,24H,4-5,11-13,21H2/b23-18+,29-19-. The maximum Gasteiger partial charge on any atom is -0.00137 e. The summed E-state index contributed by atoms with van der Waals surface area (Å²) < 4.78 is 0. The second-order valence-electron chi connectivity index (χ2n) is 8.50. The average Bonchev–Trinajstić information content (AvgIpc) is 3.27. The minimum Gasteiger partial charge on any atom is -0.0798 e. The van der Waals surface area contributed by atoms with E-state index in [9.17, 15) is 0 Å². The van der Waals surface area contributed by atoms with Crippen LogP contribution in [0, 0.1) is 0 Å². The number of benzene rings is 2. The predicted octanol–water partition coefficient (Wildman–Crippen LogP) is 8.03. The van der Waals surface area contributed by atoms with Crippen LogP contribution in [-0.2, 0) is 0 Å². The quantitative estimate of drug-likeness (QED) is 0.506. The van der Waals surface area contributed by atoms with Crippen molar-refractivity contribution in [3.63, 3.8) is 0 Å². The van der Waals surface area contributed by atoms with Crippen molar-refractivity contribution >= 4 is 11.6 Å². The van der Waals surface area contributed by atoms with Gasteiger partial charge in [0.25, 0.3) is 0 Å². The Morgan fingerprint density at radius 3 is 2.41 bits per heavy atom. The van der Waals surface area contributed by atoms with Crippen LogP contribution in [0.4, 0.5) is 0 Å². The summed E-state index contributed by atoms with van der Waals surface area (Å²) in [6.45, 7) is 0. The van der Waals surface area contributed by atoms with Crippen LogP contribution in [0.25, 0.3) is 11.6 Å². The van der Waals surface area contributed by atoms with Gasteiger partial charge in [-0.2, -0.15) is 0 Å². The molecule has 0 radical (unpaired) electrons. The molecule has 0 unspecified atom stereocenters. The SMILES string of the molecule is C1=C/C(=C\C2=CC=C(c3cccc(C4CCCC4)c3)C/C2=C/c2ccccc2)C1. The fourth-order valence-corrected chi connectivity index (χ4v) is 4.70. The zero-order chi connectivity index (χ0) is 19.5. The highest BCUT2D eigenvalue weighted by molar-refractivity contribution is 5.78. The van der Waals surface area contributed by atoms with Crippen LogP contribution in [0.1, 0.15) is 61.1 Å². The van der Waals surface area contributed by atoms with Crippen LogP contribution in [0.15, 0.2) is 102 Å². The van der Waals surface area contributed by atoms with Crippen LogP contribution < -0.4 is 0 Å². The maximum absolute atomic E-state index is 2.45. The Hall–Kier alpha value is -2.86. The maximum atomic E-state index is 2.45. The van der Waals surface area contributed by atoms with E-state index in [1.54, 1.807) is 0 Å². The van der Waals surface area contributed by atoms with Crippen LogP contribution in [-0.4, -0.2) is 0 Å². The van der Waals surface area contributed by atoms with E-state index in [1.165, 1.54) is 64.7 Å². The molecule has 0 nitrogen and oxygen atoms in total. The first-order valence-corrected chi connectivity index (χ1v) is 11.0. The second-order valence-corrected chi connectivity index (χ2v) is 8.50. The number of allylic oxidation sites excluding steroid dienone is 9. The molecule has 1 saturated carbocycles. The van der Waals surface area contributed by atoms with E-state index in [-0.39, 0.29) is 0 Å². The molecule has 0 bridgehead atoms. The summed E-state index contributed by atoms with van der Waals surface area (Å²) in [5.41, 5.74) is 9.81. The van der Waals surface area contributed by atoms with Crippen molar-refractivity contribution in [2.24, 2.45) is 0 Å². The van der Waals surface area contributed by atoms with Gasteiger partial charge in [0.05, 0.1) is 0 Å². The van der Waals surface area contributed by atoms with Crippen molar-refractivity contribution in [1.82, 2.24) is 0 Å². The lowest BCUT2D eigenvalue weighted by Crippen LogP contribution is -2.00. The Morgan fingerprint density at radius 1 is 0.828 bits per heavy atom. The van der Waals surface area contributed by atoms with Gasteiger partial charge in [-0.1, -0.05) is 104 Å². The Labute approximate surface area is 174 Å². The van der Waals surface area contributed by atoms with E-state index < -0.39 is 0 Å². The molecule has 2 aromatic carbocycles. The Morgan fingerprint density at radius 2 is 1.66 bits per heavy atom. The van der Waals surface area contributed by atoms with E-state index in [1.807, 2.05) is 0 Å². The molecule has 0 N–H and O–H groups in total. The average molecular weight is 377 g/mol. The van der Waals surface area contributed by atoms with Gasteiger partial charge in [0.15, 0.2) is 0 Å². The van der Waals surface area contributed by atoms with Gasteiger partial charge in [-0.25, -0.2) is 0 Å². The molecule has 144 valence electrons. The van der Waals surface area contributed by atoms with Crippen molar-refractivity contribution in [3.05, 3.63) is 118 Å². The van der Waals surface area contributed by atoms with Crippen LogP contribution in [0.3, 0.4) is 0 Å². The summed E-state index contributed by atoms with van der Waals surface area (Å²) in [5.74, 6) is 0.764. The molecule has 0 heterocycles. The molecule has 3 aliphatic carbocycles. The number of rotatable bonds is 4. The monoisotopic (exact) mass is 376 g/mol. The first kappa shape index (κ1) is 18.2. The Bertz CT molecular complexity index is 1030. The molecule has 0 aromatic heterocycles. The van der Waals surface area contributed by atoms with Gasteiger partial charge in [0.2, 0.25) is 0 Å². The fraction of sp³-hybridized carbons (Fsp3) is 0.241. The molecule has 2 aromatic rings. The molecule has 5 rings (SSSR count). The minimum atomic E-state index is 0.764. The van der Waals surface area contributed by atoms with E-state index in [2.05, 4.69) is 91.1 Å². The zero-order valence-corrected chi connectivity index (χ0v) is 17.0. The Balaban J connectivity index is 1.49. The molecule has 29 heavy (non-hydrogen) atoms. The molecule has 0 heteroatoms. The smallest absolute Gasteiger partial charge is 0.00137 e. The summed E-state index contributed by atoms with van der Waals surface area (Å²) in [6.07, 6.45) is 21.4. The molecule has 0 aliphatic heterocycles. The third-order valence-electron chi connectivity index (χ3n) is 6.47. The van der Waals surface area contributed by atoms with Crippen molar-refractivity contribution in [1.29, 1.82) is 0 Å². The van der Waals surface area contributed by atoms with E-state index in [0.717, 1.165) is 18.8 Å². The van der Waals surface area contributed by atoms with Gasteiger partial charge in [0, 0.05) is 0 Å². The summed E-state index contributed by atoms with van der Waals surface area (Å²) >= 11 is 0. The molecular formula is C29H28. The molecular weight excluding hydrogens is 348 g/mol. The second kappa shape index (κ2) is 8.25. The highest BCUT2D eigenvalue weighted by atomic mass is 14.2. The molecule has 0 amide bonds. The molecule has 0 saturated heterocycles. The molecule has 3 aliphatic rings. The van der Waals surface area contributed by atoms with E-state index >= 15 is 0 Å². The Kier molecular flexibility index (Phi) is 5.17. The highest BCUT2D eigenvalue weighted by Crippen LogP contribution is 2.38. The number of hydrogen-bond acceptors (Lipinski definition) is 0. The lowest BCUT2D eigenvalue weighted by atomic mass is 9.85. The summed E-state index contributed by atoms with van der Waals surface area (Å²) in [6, 6.07) is 20.0. The van der Waals surface area contributed by atoms with Crippen LogP contribution in [0.5, 0.6) is 0 Å². The highest BCUT2D eigenvalue weighted by Gasteiger charge is 2.19. The largest absolute Gasteiger partial charge is 0.0798 e. The molecule has 0 atom stereocenters. The van der Waals surface area contributed by atoms with Crippen molar-refractivity contribution in [2.45, 2.75) is 44.4 Å². The van der Waals surface area contributed by atoms with Gasteiger partial charge in [-0.05, 0) is 70.6 Å². The number of hydrogen-bond donors (Lipinski definition) is 0. The van der Waals surface area contributed by atoms with Crippen LogP contribution >= 0.6 is 0 Å². The summed E-state index contributed by atoms with van der Waals surface area (Å²) in [4.78, 5) is 0. The van der Waals surface area contributed by atoms with Gasteiger partial charge < -0.3 is 0 Å². The normalized spacial score (nSPS) is 21.9. The predicted molar refractivity (Wildman–Crippen MR) is 125 cm³/mol. The first-order valence-electron chi connectivity index (χ1n) is 11.0. The molecule has 0 spiro atoms. The lowest BCUT2D eigenvalue weighted by molar-refractivity contribution is 0.723. The van der Waals surface area contributed by atoms with Gasteiger partial charge >= 0.3 is 0 Å². The van der Waals surface area contributed by atoms with Crippen molar-refractivity contribution < 1.29 is 0 Å². The van der Waals surface area contributed by atoms with Crippen LogP contribution in [0.2, 0.25) is 0 Å². The van der Waals surface area contributed by atoms with Gasteiger partial charge in [0.1, 0.15) is 0 Å². The summed E-state index contributed by atoms with van der Waals surface area (Å²) in [7, 11) is 0. The lowest BCUT2D eigenvalue weighted by Gasteiger charge is -2.20. The van der Waals surface area contributed by atoms with Crippen molar-refractivity contribution in [3.8, 4) is 0 Å². The van der Waals surface area contributed by atoms with Gasteiger partial charge in [-0.15, -0.1) is 0 Å². The molecule has 1 fully saturated rings. The van der Waals surface area contributed by atoms with E-state index in [0.29, 0.717) is 0 Å². The minimum absolute atomic E-state index is 0.764.